The quantitative estimate of drug-likeness (QED) is 0.855. The maximum Gasteiger partial charge on any atom is 0.294 e. The summed E-state index contributed by atoms with van der Waals surface area (Å²) in [7, 11) is 1.79. The molecule has 2 aliphatic rings. The van der Waals surface area contributed by atoms with Crippen molar-refractivity contribution in [3.05, 3.63) is 48.0 Å². The number of aromatic nitrogens is 3. The van der Waals surface area contributed by atoms with Crippen LogP contribution in [0.1, 0.15) is 47.8 Å². The zero-order valence-electron chi connectivity index (χ0n) is 12.7. The molecule has 0 radical (unpaired) electrons. The Morgan fingerprint density at radius 2 is 1.82 bits per heavy atom. The van der Waals surface area contributed by atoms with E-state index < -0.39 is 0 Å². The van der Waals surface area contributed by atoms with E-state index in [1.54, 1.807) is 18.1 Å². The molecule has 2 bridgehead atoms. The number of piperidine rings is 1. The Morgan fingerprint density at radius 3 is 2.41 bits per heavy atom. The van der Waals surface area contributed by atoms with Crippen LogP contribution in [0.2, 0.25) is 0 Å². The molecule has 0 saturated carbocycles. The Labute approximate surface area is 130 Å². The predicted molar refractivity (Wildman–Crippen MR) is 82.4 cm³/mol. The van der Waals surface area contributed by atoms with Crippen molar-refractivity contribution < 1.29 is 4.79 Å². The second-order valence-electron chi connectivity index (χ2n) is 6.42. The monoisotopic (exact) mass is 296 g/mol. The summed E-state index contributed by atoms with van der Waals surface area (Å²) >= 11 is 0. The fourth-order valence-corrected chi connectivity index (χ4v) is 4.06. The Hall–Kier alpha value is -2.17. The third-order valence-corrected chi connectivity index (χ3v) is 5.03. The van der Waals surface area contributed by atoms with Crippen LogP contribution in [-0.2, 0) is 7.05 Å². The SMILES string of the molecule is Cn1cnc(C(=O)N2[C@@H]3CC[C@H]2CC(c2ccccc2)C3)n1. The van der Waals surface area contributed by atoms with Crippen molar-refractivity contribution in [3.8, 4) is 0 Å². The molecule has 2 aromatic rings. The molecule has 2 aliphatic heterocycles. The van der Waals surface area contributed by atoms with Crippen molar-refractivity contribution in [1.29, 1.82) is 0 Å². The van der Waals surface area contributed by atoms with E-state index in [-0.39, 0.29) is 5.91 Å². The van der Waals surface area contributed by atoms with Crippen LogP contribution < -0.4 is 0 Å². The molecule has 1 aromatic heterocycles. The molecule has 3 heterocycles. The smallest absolute Gasteiger partial charge is 0.294 e. The molecule has 5 nitrogen and oxygen atoms in total. The van der Waals surface area contributed by atoms with Gasteiger partial charge < -0.3 is 4.90 Å². The molecule has 0 spiro atoms. The van der Waals surface area contributed by atoms with Crippen LogP contribution in [0.25, 0.3) is 0 Å². The molecule has 5 heteroatoms. The van der Waals surface area contributed by atoms with Gasteiger partial charge in [0.05, 0.1) is 0 Å². The largest absolute Gasteiger partial charge is 0.330 e. The van der Waals surface area contributed by atoms with Crippen molar-refractivity contribution in [2.45, 2.75) is 43.7 Å². The second kappa shape index (κ2) is 5.23. The van der Waals surface area contributed by atoms with Gasteiger partial charge in [0.15, 0.2) is 0 Å². The second-order valence-corrected chi connectivity index (χ2v) is 6.42. The van der Waals surface area contributed by atoms with Gasteiger partial charge in [-0.1, -0.05) is 30.3 Å². The highest BCUT2D eigenvalue weighted by Crippen LogP contribution is 2.43. The van der Waals surface area contributed by atoms with Crippen molar-refractivity contribution in [2.75, 3.05) is 0 Å². The molecule has 0 aliphatic carbocycles. The molecule has 4 rings (SSSR count). The molecule has 1 unspecified atom stereocenters. The van der Waals surface area contributed by atoms with Crippen LogP contribution in [0.4, 0.5) is 0 Å². The van der Waals surface area contributed by atoms with E-state index in [1.165, 1.54) is 5.56 Å². The van der Waals surface area contributed by atoms with Gasteiger partial charge in [-0.15, -0.1) is 5.10 Å². The summed E-state index contributed by atoms with van der Waals surface area (Å²) < 4.78 is 1.59. The molecular formula is C17H20N4O. The summed E-state index contributed by atoms with van der Waals surface area (Å²) in [5.74, 6) is 0.900. The number of amides is 1. The van der Waals surface area contributed by atoms with Gasteiger partial charge in [0, 0.05) is 19.1 Å². The van der Waals surface area contributed by atoms with E-state index in [4.69, 9.17) is 0 Å². The number of hydrogen-bond donors (Lipinski definition) is 0. The first-order valence-corrected chi connectivity index (χ1v) is 7.95. The van der Waals surface area contributed by atoms with E-state index in [1.807, 2.05) is 0 Å². The van der Waals surface area contributed by atoms with Gasteiger partial charge in [-0.05, 0) is 37.2 Å². The highest BCUT2D eigenvalue weighted by atomic mass is 16.2. The van der Waals surface area contributed by atoms with Gasteiger partial charge in [-0.2, -0.15) is 0 Å². The van der Waals surface area contributed by atoms with E-state index in [0.29, 0.717) is 23.8 Å². The normalized spacial score (nSPS) is 27.1. The zero-order chi connectivity index (χ0) is 15.1. The number of rotatable bonds is 2. The van der Waals surface area contributed by atoms with Crippen molar-refractivity contribution in [3.63, 3.8) is 0 Å². The third kappa shape index (κ3) is 2.21. The van der Waals surface area contributed by atoms with Gasteiger partial charge in [0.1, 0.15) is 6.33 Å². The molecule has 2 saturated heterocycles. The lowest BCUT2D eigenvalue weighted by molar-refractivity contribution is 0.0558. The van der Waals surface area contributed by atoms with Gasteiger partial charge in [0.2, 0.25) is 5.82 Å². The van der Waals surface area contributed by atoms with Gasteiger partial charge in [-0.3, -0.25) is 9.48 Å². The van der Waals surface area contributed by atoms with Gasteiger partial charge in [0.25, 0.3) is 5.91 Å². The molecule has 3 atom stereocenters. The minimum absolute atomic E-state index is 0.000360. The number of nitrogens with zero attached hydrogens (tertiary/aromatic N) is 4. The molecule has 0 N–H and O–H groups in total. The minimum Gasteiger partial charge on any atom is -0.330 e. The fraction of sp³-hybridized carbons (Fsp3) is 0.471. The first kappa shape index (κ1) is 13.5. The Balaban J connectivity index is 1.55. The average Bonchev–Trinajstić information content (AvgIpc) is 3.09. The molecule has 1 amide bonds. The van der Waals surface area contributed by atoms with Crippen molar-refractivity contribution in [2.24, 2.45) is 7.05 Å². The topological polar surface area (TPSA) is 51.0 Å². The first-order valence-electron chi connectivity index (χ1n) is 7.95. The maximum atomic E-state index is 12.7. The van der Waals surface area contributed by atoms with Gasteiger partial charge >= 0.3 is 0 Å². The van der Waals surface area contributed by atoms with E-state index in [2.05, 4.69) is 45.3 Å². The fourth-order valence-electron chi connectivity index (χ4n) is 4.06. The number of hydrogen-bond acceptors (Lipinski definition) is 3. The molecule has 2 fully saturated rings. The Kier molecular flexibility index (Phi) is 3.21. The zero-order valence-corrected chi connectivity index (χ0v) is 12.7. The summed E-state index contributed by atoms with van der Waals surface area (Å²) in [6.07, 6.45) is 5.91. The van der Waals surface area contributed by atoms with Crippen molar-refractivity contribution in [1.82, 2.24) is 19.7 Å². The summed E-state index contributed by atoms with van der Waals surface area (Å²) in [4.78, 5) is 18.9. The predicted octanol–water partition coefficient (Wildman–Crippen LogP) is 2.37. The summed E-state index contributed by atoms with van der Waals surface area (Å²) in [5, 5.41) is 4.17. The van der Waals surface area contributed by atoms with Crippen LogP contribution in [0, 0.1) is 0 Å². The lowest BCUT2D eigenvalue weighted by Gasteiger charge is -2.38. The average molecular weight is 296 g/mol. The lowest BCUT2D eigenvalue weighted by atomic mass is 9.85. The standard InChI is InChI=1S/C17H20N4O/c1-20-11-18-16(19-20)17(22)21-14-7-8-15(21)10-13(9-14)12-5-3-2-4-6-12/h2-6,11,13-15H,7-10H2,1H3/t13?,14-,15+. The third-order valence-electron chi connectivity index (χ3n) is 5.03. The van der Waals surface area contributed by atoms with Crippen LogP contribution in [0.3, 0.4) is 0 Å². The number of carbonyl (C=O) groups is 1. The van der Waals surface area contributed by atoms with E-state index >= 15 is 0 Å². The Morgan fingerprint density at radius 1 is 1.14 bits per heavy atom. The minimum atomic E-state index is -0.000360. The number of carbonyl (C=O) groups excluding carboxylic acids is 1. The van der Waals surface area contributed by atoms with E-state index in [9.17, 15) is 4.79 Å². The number of aryl methyl sites for hydroxylation is 1. The Bertz CT molecular complexity index is 667. The summed E-state index contributed by atoms with van der Waals surface area (Å²) in [6.45, 7) is 0. The van der Waals surface area contributed by atoms with Gasteiger partial charge in [-0.25, -0.2) is 4.98 Å². The summed E-state index contributed by atoms with van der Waals surface area (Å²) in [6, 6.07) is 11.4. The molecule has 22 heavy (non-hydrogen) atoms. The highest BCUT2D eigenvalue weighted by Gasteiger charge is 2.44. The maximum absolute atomic E-state index is 12.7. The lowest BCUT2D eigenvalue weighted by Crippen LogP contribution is -2.46. The van der Waals surface area contributed by atoms with Crippen LogP contribution >= 0.6 is 0 Å². The first-order chi connectivity index (χ1) is 10.7. The summed E-state index contributed by atoms with van der Waals surface area (Å²) in [5.41, 5.74) is 1.41. The van der Waals surface area contributed by atoms with Crippen LogP contribution in [0.15, 0.2) is 36.7 Å². The molecular weight excluding hydrogens is 276 g/mol. The van der Waals surface area contributed by atoms with Crippen molar-refractivity contribution >= 4 is 5.91 Å². The van der Waals surface area contributed by atoms with Crippen LogP contribution in [0.5, 0.6) is 0 Å². The number of benzene rings is 1. The molecule has 1 aromatic carbocycles. The van der Waals surface area contributed by atoms with Crippen LogP contribution in [-0.4, -0.2) is 37.7 Å². The van der Waals surface area contributed by atoms with E-state index in [0.717, 1.165) is 25.7 Å². The molecule has 114 valence electrons. The highest BCUT2D eigenvalue weighted by molar-refractivity contribution is 5.91. The number of fused-ring (bicyclic) bond motifs is 2.